The van der Waals surface area contributed by atoms with Gasteiger partial charge >= 0.3 is 0 Å². The third-order valence-electron chi connectivity index (χ3n) is 2.76. The van der Waals surface area contributed by atoms with E-state index < -0.39 is 0 Å². The van der Waals surface area contributed by atoms with Gasteiger partial charge in [0.15, 0.2) is 0 Å². The molecule has 1 aliphatic heterocycles. The van der Waals surface area contributed by atoms with Crippen molar-refractivity contribution in [3.63, 3.8) is 0 Å². The molecule has 2 heteroatoms. The molecule has 1 atom stereocenters. The van der Waals surface area contributed by atoms with Gasteiger partial charge in [-0.15, -0.1) is 0 Å². The van der Waals surface area contributed by atoms with Crippen LogP contribution in [0.4, 0.5) is 0 Å². The van der Waals surface area contributed by atoms with Crippen molar-refractivity contribution in [2.75, 3.05) is 26.7 Å². The summed E-state index contributed by atoms with van der Waals surface area (Å²) in [5.74, 6) is 0.931. The summed E-state index contributed by atoms with van der Waals surface area (Å²) >= 11 is 0. The molecule has 2 fully saturated rings. The molecule has 0 aromatic rings. The summed E-state index contributed by atoms with van der Waals surface area (Å²) in [6.45, 7) is 3.87. The number of hydrogen-bond acceptors (Lipinski definition) is 2. The van der Waals surface area contributed by atoms with E-state index >= 15 is 0 Å². The van der Waals surface area contributed by atoms with Crippen molar-refractivity contribution in [2.24, 2.45) is 5.92 Å². The molecule has 0 spiro atoms. The minimum atomic E-state index is 0.890. The van der Waals surface area contributed by atoms with E-state index in [0.717, 1.165) is 12.0 Å². The first kappa shape index (κ1) is 7.56. The van der Waals surface area contributed by atoms with E-state index in [0.29, 0.717) is 0 Å². The highest BCUT2D eigenvalue weighted by Gasteiger charge is 2.24. The van der Waals surface area contributed by atoms with Gasteiger partial charge in [0.1, 0.15) is 0 Å². The van der Waals surface area contributed by atoms with Crippen molar-refractivity contribution in [3.05, 3.63) is 0 Å². The van der Waals surface area contributed by atoms with Gasteiger partial charge in [0.2, 0.25) is 0 Å². The minimum Gasteiger partial charge on any atom is -0.314 e. The zero-order valence-electron chi connectivity index (χ0n) is 7.34. The standard InChI is InChI=1S/C9H18N2/c1-11-5-4-8(7-11)6-10-9-2-3-9/h8-10H,2-7H2,1H3. The SMILES string of the molecule is CN1CCC(CNC2CC2)C1. The molecule has 2 nitrogen and oxygen atoms in total. The van der Waals surface area contributed by atoms with Gasteiger partial charge in [-0.3, -0.25) is 0 Å². The summed E-state index contributed by atoms with van der Waals surface area (Å²) in [4.78, 5) is 2.43. The van der Waals surface area contributed by atoms with Gasteiger partial charge in [-0.25, -0.2) is 0 Å². The van der Waals surface area contributed by atoms with Gasteiger partial charge < -0.3 is 10.2 Å². The Bertz CT molecular complexity index is 132. The third kappa shape index (κ3) is 2.17. The molecular formula is C9H18N2. The number of hydrogen-bond donors (Lipinski definition) is 1. The first-order chi connectivity index (χ1) is 5.34. The van der Waals surface area contributed by atoms with Crippen LogP contribution in [0.5, 0.6) is 0 Å². The van der Waals surface area contributed by atoms with Crippen molar-refractivity contribution in [2.45, 2.75) is 25.3 Å². The van der Waals surface area contributed by atoms with Crippen LogP contribution in [-0.4, -0.2) is 37.6 Å². The van der Waals surface area contributed by atoms with E-state index in [9.17, 15) is 0 Å². The second kappa shape index (κ2) is 3.11. The molecule has 1 N–H and O–H groups in total. The van der Waals surface area contributed by atoms with Crippen LogP contribution < -0.4 is 5.32 Å². The summed E-state index contributed by atoms with van der Waals surface area (Å²) in [7, 11) is 2.22. The Kier molecular flexibility index (Phi) is 2.14. The molecule has 64 valence electrons. The molecule has 0 aromatic heterocycles. The first-order valence-electron chi connectivity index (χ1n) is 4.76. The highest BCUT2D eigenvalue weighted by Crippen LogP contribution is 2.20. The van der Waals surface area contributed by atoms with E-state index in [1.807, 2.05) is 0 Å². The lowest BCUT2D eigenvalue weighted by Crippen LogP contribution is -2.26. The quantitative estimate of drug-likeness (QED) is 0.643. The van der Waals surface area contributed by atoms with Crippen molar-refractivity contribution in [3.8, 4) is 0 Å². The summed E-state index contributed by atoms with van der Waals surface area (Å²) in [5.41, 5.74) is 0. The van der Waals surface area contributed by atoms with E-state index in [2.05, 4.69) is 17.3 Å². The molecule has 11 heavy (non-hydrogen) atoms. The average molecular weight is 154 g/mol. The van der Waals surface area contributed by atoms with Gasteiger partial charge in [-0.1, -0.05) is 0 Å². The molecule has 1 heterocycles. The fourth-order valence-electron chi connectivity index (χ4n) is 1.81. The second-order valence-electron chi connectivity index (χ2n) is 4.10. The molecule has 0 aromatic carbocycles. The van der Waals surface area contributed by atoms with Crippen LogP contribution in [-0.2, 0) is 0 Å². The Morgan fingerprint density at radius 3 is 2.73 bits per heavy atom. The predicted molar refractivity (Wildman–Crippen MR) is 46.6 cm³/mol. The maximum absolute atomic E-state index is 3.59. The van der Waals surface area contributed by atoms with Gasteiger partial charge in [0.05, 0.1) is 0 Å². The van der Waals surface area contributed by atoms with Crippen LogP contribution >= 0.6 is 0 Å². The summed E-state index contributed by atoms with van der Waals surface area (Å²) in [6, 6.07) is 0.890. The molecule has 0 bridgehead atoms. The van der Waals surface area contributed by atoms with Crippen molar-refractivity contribution >= 4 is 0 Å². The molecule has 2 aliphatic rings. The van der Waals surface area contributed by atoms with Gasteiger partial charge in [-0.2, -0.15) is 0 Å². The fourth-order valence-corrected chi connectivity index (χ4v) is 1.81. The summed E-state index contributed by atoms with van der Waals surface area (Å²) in [5, 5.41) is 3.59. The maximum atomic E-state index is 3.59. The van der Waals surface area contributed by atoms with Gasteiger partial charge in [0, 0.05) is 12.6 Å². The van der Waals surface area contributed by atoms with Gasteiger partial charge in [-0.05, 0) is 45.3 Å². The van der Waals surface area contributed by atoms with Crippen LogP contribution in [0, 0.1) is 5.92 Å². The second-order valence-corrected chi connectivity index (χ2v) is 4.10. The molecule has 1 aliphatic carbocycles. The Labute approximate surface area is 69.0 Å². The van der Waals surface area contributed by atoms with E-state index in [4.69, 9.17) is 0 Å². The Morgan fingerprint density at radius 2 is 2.18 bits per heavy atom. The lowest BCUT2D eigenvalue weighted by atomic mass is 10.1. The van der Waals surface area contributed by atoms with E-state index in [1.54, 1.807) is 0 Å². The smallest absolute Gasteiger partial charge is 0.00683 e. The molecule has 2 rings (SSSR count). The highest BCUT2D eigenvalue weighted by atomic mass is 15.1. The fraction of sp³-hybridized carbons (Fsp3) is 1.00. The predicted octanol–water partition coefficient (Wildman–Crippen LogP) is 0.690. The number of nitrogens with one attached hydrogen (secondary N) is 1. The topological polar surface area (TPSA) is 15.3 Å². The lowest BCUT2D eigenvalue weighted by Gasteiger charge is -2.10. The molecule has 1 saturated carbocycles. The van der Waals surface area contributed by atoms with Crippen LogP contribution in [0.15, 0.2) is 0 Å². The zero-order chi connectivity index (χ0) is 7.68. The average Bonchev–Trinajstić information content (AvgIpc) is 2.72. The summed E-state index contributed by atoms with van der Waals surface area (Å²) in [6.07, 6.45) is 4.24. The molecule has 1 saturated heterocycles. The minimum absolute atomic E-state index is 0.890. The largest absolute Gasteiger partial charge is 0.314 e. The molecule has 0 radical (unpaired) electrons. The summed E-state index contributed by atoms with van der Waals surface area (Å²) < 4.78 is 0. The van der Waals surface area contributed by atoms with Crippen molar-refractivity contribution in [1.82, 2.24) is 10.2 Å². The lowest BCUT2D eigenvalue weighted by molar-refractivity contribution is 0.388. The Balaban J connectivity index is 1.62. The number of nitrogens with zero attached hydrogens (tertiary/aromatic N) is 1. The van der Waals surface area contributed by atoms with Crippen LogP contribution in [0.1, 0.15) is 19.3 Å². The van der Waals surface area contributed by atoms with Crippen molar-refractivity contribution in [1.29, 1.82) is 0 Å². The Hall–Kier alpha value is -0.0800. The number of rotatable bonds is 3. The molecule has 0 amide bonds. The van der Waals surface area contributed by atoms with Crippen LogP contribution in [0.2, 0.25) is 0 Å². The van der Waals surface area contributed by atoms with E-state index in [1.165, 1.54) is 38.9 Å². The van der Waals surface area contributed by atoms with E-state index in [-0.39, 0.29) is 0 Å². The van der Waals surface area contributed by atoms with Gasteiger partial charge in [0.25, 0.3) is 0 Å². The Morgan fingerprint density at radius 1 is 1.36 bits per heavy atom. The normalized spacial score (nSPS) is 33.0. The van der Waals surface area contributed by atoms with Crippen LogP contribution in [0.3, 0.4) is 0 Å². The van der Waals surface area contributed by atoms with Crippen molar-refractivity contribution < 1.29 is 0 Å². The monoisotopic (exact) mass is 154 g/mol. The first-order valence-corrected chi connectivity index (χ1v) is 4.76. The van der Waals surface area contributed by atoms with Crippen LogP contribution in [0.25, 0.3) is 0 Å². The highest BCUT2D eigenvalue weighted by molar-refractivity contribution is 4.83. The maximum Gasteiger partial charge on any atom is 0.00683 e. The molecule has 1 unspecified atom stereocenters. The zero-order valence-corrected chi connectivity index (χ0v) is 7.34. The molecular weight excluding hydrogens is 136 g/mol. The third-order valence-corrected chi connectivity index (χ3v) is 2.76. The number of likely N-dealkylation sites (tertiary alicyclic amines) is 1.